The number of carbonyl (C=O) groups is 1. The number of benzene rings is 1. The van der Waals surface area contributed by atoms with E-state index in [1.807, 2.05) is 24.3 Å². The maximum absolute atomic E-state index is 10.8. The van der Waals surface area contributed by atoms with Gasteiger partial charge in [-0.05, 0) is 24.3 Å². The van der Waals surface area contributed by atoms with E-state index in [1.165, 1.54) is 0 Å². The van der Waals surface area contributed by atoms with Crippen molar-refractivity contribution in [1.82, 2.24) is 4.98 Å². The number of fused-ring (bicyclic) bond motifs is 1. The summed E-state index contributed by atoms with van der Waals surface area (Å²) in [7, 11) is 1.62. The zero-order chi connectivity index (χ0) is 11.5. The Bertz CT molecular complexity index is 538. The number of amides is 1. The predicted molar refractivity (Wildman–Crippen MR) is 61.2 cm³/mol. The molecule has 0 aliphatic heterocycles. The van der Waals surface area contributed by atoms with Gasteiger partial charge >= 0.3 is 0 Å². The molecule has 16 heavy (non-hydrogen) atoms. The van der Waals surface area contributed by atoms with Crippen molar-refractivity contribution in [2.45, 2.75) is 6.42 Å². The van der Waals surface area contributed by atoms with Crippen LogP contribution in [0.4, 0.5) is 0 Å². The Morgan fingerprint density at radius 2 is 2.19 bits per heavy atom. The first kappa shape index (κ1) is 10.4. The van der Waals surface area contributed by atoms with Gasteiger partial charge in [-0.25, -0.2) is 0 Å². The minimum Gasteiger partial charge on any atom is -0.496 e. The molecule has 0 saturated carbocycles. The van der Waals surface area contributed by atoms with Gasteiger partial charge in [-0.15, -0.1) is 0 Å². The molecule has 1 heterocycles. The molecule has 82 valence electrons. The van der Waals surface area contributed by atoms with Crippen LogP contribution in [0.2, 0.25) is 0 Å². The number of ether oxygens (including phenoxy) is 1. The normalized spacial score (nSPS) is 10.3. The van der Waals surface area contributed by atoms with E-state index in [0.717, 1.165) is 16.7 Å². The number of hydrogen-bond donors (Lipinski definition) is 1. The van der Waals surface area contributed by atoms with Crippen LogP contribution in [0, 0.1) is 0 Å². The molecule has 0 atom stereocenters. The van der Waals surface area contributed by atoms with Crippen molar-refractivity contribution in [3.05, 3.63) is 36.0 Å². The number of nitrogens with zero attached hydrogens (tertiary/aromatic N) is 1. The molecule has 0 saturated heterocycles. The molecule has 0 spiro atoms. The lowest BCUT2D eigenvalue weighted by atomic mass is 10.1. The smallest absolute Gasteiger partial charge is 0.223 e. The summed E-state index contributed by atoms with van der Waals surface area (Å²) in [6, 6.07) is 9.29. The van der Waals surface area contributed by atoms with Crippen LogP contribution in [-0.2, 0) is 11.2 Å². The first-order chi connectivity index (χ1) is 7.70. The summed E-state index contributed by atoms with van der Waals surface area (Å²) in [6.45, 7) is 0. The quantitative estimate of drug-likeness (QED) is 0.840. The third-order valence-corrected chi connectivity index (χ3v) is 2.32. The van der Waals surface area contributed by atoms with E-state index in [-0.39, 0.29) is 12.3 Å². The molecule has 4 heteroatoms. The van der Waals surface area contributed by atoms with Crippen molar-refractivity contribution in [2.75, 3.05) is 7.11 Å². The fraction of sp³-hybridized carbons (Fsp3) is 0.167. The third kappa shape index (κ3) is 1.95. The van der Waals surface area contributed by atoms with E-state index in [1.54, 1.807) is 13.2 Å². The second-order valence-corrected chi connectivity index (χ2v) is 3.47. The second kappa shape index (κ2) is 4.18. The molecule has 1 aromatic carbocycles. The van der Waals surface area contributed by atoms with E-state index < -0.39 is 0 Å². The molecule has 2 N–H and O–H groups in total. The Balaban J connectivity index is 2.51. The van der Waals surface area contributed by atoms with Crippen molar-refractivity contribution in [3.63, 3.8) is 0 Å². The Morgan fingerprint density at radius 3 is 2.88 bits per heavy atom. The number of hydrogen-bond acceptors (Lipinski definition) is 3. The summed E-state index contributed by atoms with van der Waals surface area (Å²) in [4.78, 5) is 15.1. The van der Waals surface area contributed by atoms with Gasteiger partial charge in [0.05, 0.1) is 24.7 Å². The van der Waals surface area contributed by atoms with Crippen molar-refractivity contribution in [2.24, 2.45) is 5.73 Å². The van der Waals surface area contributed by atoms with E-state index >= 15 is 0 Å². The largest absolute Gasteiger partial charge is 0.496 e. The Morgan fingerprint density at radius 1 is 1.38 bits per heavy atom. The highest BCUT2D eigenvalue weighted by molar-refractivity contribution is 5.86. The number of methoxy groups -OCH3 is 1. The lowest BCUT2D eigenvalue weighted by Crippen LogP contribution is -2.14. The van der Waals surface area contributed by atoms with Crippen LogP contribution >= 0.6 is 0 Å². The summed E-state index contributed by atoms with van der Waals surface area (Å²) in [5.41, 5.74) is 6.60. The van der Waals surface area contributed by atoms with E-state index in [9.17, 15) is 4.79 Å². The number of nitrogens with two attached hydrogens (primary N) is 1. The van der Waals surface area contributed by atoms with Crippen LogP contribution in [0.25, 0.3) is 10.9 Å². The molecule has 0 bridgehead atoms. The zero-order valence-electron chi connectivity index (χ0n) is 8.93. The van der Waals surface area contributed by atoms with Gasteiger partial charge in [-0.3, -0.25) is 9.78 Å². The fourth-order valence-corrected chi connectivity index (χ4v) is 1.62. The van der Waals surface area contributed by atoms with Gasteiger partial charge in [0, 0.05) is 5.39 Å². The van der Waals surface area contributed by atoms with Gasteiger partial charge in [0.1, 0.15) is 5.75 Å². The van der Waals surface area contributed by atoms with E-state index in [0.29, 0.717) is 5.69 Å². The first-order valence-electron chi connectivity index (χ1n) is 4.91. The second-order valence-electron chi connectivity index (χ2n) is 3.47. The van der Waals surface area contributed by atoms with Crippen molar-refractivity contribution in [1.29, 1.82) is 0 Å². The van der Waals surface area contributed by atoms with Gasteiger partial charge in [0.25, 0.3) is 0 Å². The maximum Gasteiger partial charge on any atom is 0.223 e. The molecule has 2 aromatic rings. The maximum atomic E-state index is 10.8. The van der Waals surface area contributed by atoms with E-state index in [2.05, 4.69) is 4.98 Å². The highest BCUT2D eigenvalue weighted by atomic mass is 16.5. The van der Waals surface area contributed by atoms with Gasteiger partial charge in [-0.2, -0.15) is 0 Å². The fourth-order valence-electron chi connectivity index (χ4n) is 1.62. The number of pyridine rings is 1. The van der Waals surface area contributed by atoms with Gasteiger partial charge < -0.3 is 10.5 Å². The first-order valence-corrected chi connectivity index (χ1v) is 4.91. The summed E-state index contributed by atoms with van der Waals surface area (Å²) < 4.78 is 5.22. The molecular weight excluding hydrogens is 204 g/mol. The lowest BCUT2D eigenvalue weighted by Gasteiger charge is -2.05. The monoisotopic (exact) mass is 216 g/mol. The third-order valence-electron chi connectivity index (χ3n) is 2.32. The van der Waals surface area contributed by atoms with Crippen molar-refractivity contribution >= 4 is 16.8 Å². The molecular formula is C12H12N2O2. The van der Waals surface area contributed by atoms with Crippen LogP contribution < -0.4 is 10.5 Å². The molecule has 0 fully saturated rings. The van der Waals surface area contributed by atoms with E-state index in [4.69, 9.17) is 10.5 Å². The van der Waals surface area contributed by atoms with Crippen LogP contribution in [0.15, 0.2) is 30.3 Å². The topological polar surface area (TPSA) is 65.2 Å². The molecule has 1 amide bonds. The standard InChI is InChI=1S/C12H12N2O2/c1-16-11-4-2-3-10-9(11)6-5-8(14-10)7-12(13)15/h2-6H,7H2,1H3,(H2,13,15). The Hall–Kier alpha value is -2.10. The number of primary amides is 1. The Labute approximate surface area is 93.0 Å². The zero-order valence-corrected chi connectivity index (χ0v) is 8.93. The lowest BCUT2D eigenvalue weighted by molar-refractivity contribution is -0.117. The molecule has 2 rings (SSSR count). The van der Waals surface area contributed by atoms with Gasteiger partial charge in [0.15, 0.2) is 0 Å². The summed E-state index contributed by atoms with van der Waals surface area (Å²) in [6.07, 6.45) is 0.160. The average Bonchev–Trinajstić information content (AvgIpc) is 2.27. The molecule has 0 aliphatic carbocycles. The highest BCUT2D eigenvalue weighted by Gasteiger charge is 2.04. The Kier molecular flexibility index (Phi) is 2.72. The predicted octanol–water partition coefficient (Wildman–Crippen LogP) is 1.27. The van der Waals surface area contributed by atoms with Crippen molar-refractivity contribution in [3.8, 4) is 5.75 Å². The summed E-state index contributed by atoms with van der Waals surface area (Å²) >= 11 is 0. The van der Waals surface area contributed by atoms with Crippen molar-refractivity contribution < 1.29 is 9.53 Å². The molecule has 0 unspecified atom stereocenters. The SMILES string of the molecule is COc1cccc2nc(CC(N)=O)ccc12. The molecule has 0 radical (unpaired) electrons. The number of aromatic nitrogens is 1. The minimum absolute atomic E-state index is 0.160. The van der Waals surface area contributed by atoms with Crippen LogP contribution in [0.3, 0.4) is 0 Å². The van der Waals surface area contributed by atoms with Crippen LogP contribution in [0.5, 0.6) is 5.75 Å². The summed E-state index contributed by atoms with van der Waals surface area (Å²) in [5, 5.41) is 0.929. The molecule has 1 aromatic heterocycles. The van der Waals surface area contributed by atoms with Gasteiger partial charge in [0.2, 0.25) is 5.91 Å². The average molecular weight is 216 g/mol. The van der Waals surface area contributed by atoms with Crippen LogP contribution in [0.1, 0.15) is 5.69 Å². The summed E-state index contributed by atoms with van der Waals surface area (Å²) in [5.74, 6) is 0.394. The van der Waals surface area contributed by atoms with Crippen LogP contribution in [-0.4, -0.2) is 18.0 Å². The van der Waals surface area contributed by atoms with Gasteiger partial charge in [-0.1, -0.05) is 6.07 Å². The minimum atomic E-state index is -0.380. The number of rotatable bonds is 3. The highest BCUT2D eigenvalue weighted by Crippen LogP contribution is 2.23. The number of carbonyl (C=O) groups excluding carboxylic acids is 1. The molecule has 4 nitrogen and oxygen atoms in total. The molecule has 0 aliphatic rings.